The quantitative estimate of drug-likeness (QED) is 0.672. The minimum absolute atomic E-state index is 0.586. The molecule has 2 nitrogen and oxygen atoms in total. The first-order valence-electron chi connectivity index (χ1n) is 7.55. The summed E-state index contributed by atoms with van der Waals surface area (Å²) in [6.07, 6.45) is 0. The van der Waals surface area contributed by atoms with E-state index in [4.69, 9.17) is 27.9 Å². The van der Waals surface area contributed by atoms with Crippen molar-refractivity contribution >= 4 is 23.2 Å². The van der Waals surface area contributed by atoms with Crippen molar-refractivity contribution < 1.29 is 4.74 Å². The Kier molecular flexibility index (Phi) is 6.56. The fourth-order valence-corrected chi connectivity index (χ4v) is 2.96. The summed E-state index contributed by atoms with van der Waals surface area (Å²) in [6.45, 7) is 7.82. The van der Waals surface area contributed by atoms with E-state index in [1.807, 2.05) is 36.4 Å². The number of likely N-dealkylation sites (N-methyl/N-ethyl adjacent to an activating group) is 1. The summed E-state index contributed by atoms with van der Waals surface area (Å²) in [7, 11) is 0. The molecule has 0 N–H and O–H groups in total. The van der Waals surface area contributed by atoms with Crippen molar-refractivity contribution in [1.29, 1.82) is 0 Å². The monoisotopic (exact) mass is 337 g/mol. The second-order valence-electron chi connectivity index (χ2n) is 5.00. The summed E-state index contributed by atoms with van der Waals surface area (Å²) in [6, 6.07) is 13.6. The Balaban J connectivity index is 2.23. The van der Waals surface area contributed by atoms with Crippen molar-refractivity contribution in [2.24, 2.45) is 0 Å². The van der Waals surface area contributed by atoms with Crippen LogP contribution in [-0.4, -0.2) is 31.1 Å². The van der Waals surface area contributed by atoms with Crippen LogP contribution in [0, 0.1) is 0 Å². The van der Waals surface area contributed by atoms with Crippen LogP contribution in [0.5, 0.6) is 5.75 Å². The Bertz CT molecular complexity index is 598. The van der Waals surface area contributed by atoms with Crippen molar-refractivity contribution in [2.45, 2.75) is 13.8 Å². The third kappa shape index (κ3) is 4.39. The van der Waals surface area contributed by atoms with E-state index in [1.165, 1.54) is 0 Å². The maximum absolute atomic E-state index is 6.39. The molecule has 118 valence electrons. The van der Waals surface area contributed by atoms with Crippen molar-refractivity contribution in [3.05, 3.63) is 52.5 Å². The molecule has 0 saturated heterocycles. The van der Waals surface area contributed by atoms with Gasteiger partial charge in [0, 0.05) is 17.1 Å². The van der Waals surface area contributed by atoms with Gasteiger partial charge in [-0.1, -0.05) is 67.4 Å². The fourth-order valence-electron chi connectivity index (χ4n) is 2.37. The lowest BCUT2D eigenvalue weighted by Crippen LogP contribution is -2.28. The first-order valence-corrected chi connectivity index (χ1v) is 8.30. The molecular formula is C18H21Cl2NO. The zero-order valence-electron chi connectivity index (χ0n) is 13.0. The number of hydrogen-bond acceptors (Lipinski definition) is 2. The molecule has 22 heavy (non-hydrogen) atoms. The number of nitrogens with zero attached hydrogens (tertiary/aromatic N) is 1. The number of halogens is 2. The summed E-state index contributed by atoms with van der Waals surface area (Å²) in [4.78, 5) is 2.31. The molecule has 0 heterocycles. The van der Waals surface area contributed by atoms with Gasteiger partial charge in [0.05, 0.1) is 5.02 Å². The second-order valence-corrected chi connectivity index (χ2v) is 5.85. The zero-order valence-corrected chi connectivity index (χ0v) is 14.5. The zero-order chi connectivity index (χ0) is 15.9. The predicted molar refractivity (Wildman–Crippen MR) is 95.2 cm³/mol. The van der Waals surface area contributed by atoms with Gasteiger partial charge in [-0.15, -0.1) is 0 Å². The molecular weight excluding hydrogens is 317 g/mol. The molecule has 0 radical (unpaired) electrons. The summed E-state index contributed by atoms with van der Waals surface area (Å²) in [5.41, 5.74) is 1.92. The second kappa shape index (κ2) is 8.42. The maximum Gasteiger partial charge on any atom is 0.130 e. The number of rotatable bonds is 7. The Labute approximate surface area is 142 Å². The van der Waals surface area contributed by atoms with Gasteiger partial charge in [0.1, 0.15) is 12.4 Å². The van der Waals surface area contributed by atoms with Gasteiger partial charge >= 0.3 is 0 Å². The van der Waals surface area contributed by atoms with Gasteiger partial charge in [0.2, 0.25) is 0 Å². The molecule has 2 aromatic carbocycles. The van der Waals surface area contributed by atoms with Crippen molar-refractivity contribution in [2.75, 3.05) is 26.2 Å². The maximum atomic E-state index is 6.39. The van der Waals surface area contributed by atoms with Crippen LogP contribution in [0.2, 0.25) is 10.0 Å². The number of ether oxygens (including phenoxy) is 1. The van der Waals surface area contributed by atoms with E-state index in [2.05, 4.69) is 18.7 Å². The van der Waals surface area contributed by atoms with E-state index in [-0.39, 0.29) is 0 Å². The SMILES string of the molecule is CCN(CC)CCOc1cc(Cl)cc(Cl)c1-c1ccccc1. The van der Waals surface area contributed by atoms with E-state index in [1.54, 1.807) is 6.07 Å². The first-order chi connectivity index (χ1) is 10.7. The van der Waals surface area contributed by atoms with Gasteiger partial charge in [-0.25, -0.2) is 0 Å². The molecule has 0 fully saturated rings. The standard InChI is InChI=1S/C18H21Cl2NO/c1-3-21(4-2)10-11-22-17-13-15(19)12-16(20)18(17)14-8-6-5-7-9-14/h5-9,12-13H,3-4,10-11H2,1-2H3. The Morgan fingerprint density at radius 3 is 2.32 bits per heavy atom. The molecule has 0 amide bonds. The van der Waals surface area contributed by atoms with E-state index in [0.29, 0.717) is 16.7 Å². The smallest absolute Gasteiger partial charge is 0.130 e. The van der Waals surface area contributed by atoms with Crippen LogP contribution in [0.3, 0.4) is 0 Å². The lowest BCUT2D eigenvalue weighted by atomic mass is 10.0. The van der Waals surface area contributed by atoms with Crippen molar-refractivity contribution in [1.82, 2.24) is 4.90 Å². The Morgan fingerprint density at radius 2 is 1.68 bits per heavy atom. The third-order valence-electron chi connectivity index (χ3n) is 3.64. The predicted octanol–water partition coefficient (Wildman–Crippen LogP) is 5.38. The molecule has 0 aliphatic rings. The molecule has 0 saturated carbocycles. The molecule has 0 bridgehead atoms. The van der Waals surface area contributed by atoms with E-state index >= 15 is 0 Å². The van der Waals surface area contributed by atoms with E-state index in [9.17, 15) is 0 Å². The van der Waals surface area contributed by atoms with Crippen LogP contribution in [0.4, 0.5) is 0 Å². The summed E-state index contributed by atoms with van der Waals surface area (Å²) in [5.74, 6) is 0.732. The summed E-state index contributed by atoms with van der Waals surface area (Å²) >= 11 is 12.5. The highest BCUT2D eigenvalue weighted by molar-refractivity contribution is 6.37. The largest absolute Gasteiger partial charge is 0.491 e. The fraction of sp³-hybridized carbons (Fsp3) is 0.333. The van der Waals surface area contributed by atoms with Crippen LogP contribution in [0.25, 0.3) is 11.1 Å². The molecule has 0 aliphatic heterocycles. The van der Waals surface area contributed by atoms with Crippen LogP contribution >= 0.6 is 23.2 Å². The molecule has 0 atom stereocenters. The first kappa shape index (κ1) is 17.1. The topological polar surface area (TPSA) is 12.5 Å². The summed E-state index contributed by atoms with van der Waals surface area (Å²) in [5, 5.41) is 1.19. The number of hydrogen-bond donors (Lipinski definition) is 0. The van der Waals surface area contributed by atoms with Crippen LogP contribution < -0.4 is 4.74 Å². The highest BCUT2D eigenvalue weighted by Gasteiger charge is 2.13. The van der Waals surface area contributed by atoms with Gasteiger partial charge in [-0.05, 0) is 30.8 Å². The molecule has 0 aromatic heterocycles. The lowest BCUT2D eigenvalue weighted by Gasteiger charge is -2.19. The van der Waals surface area contributed by atoms with Crippen LogP contribution in [-0.2, 0) is 0 Å². The lowest BCUT2D eigenvalue weighted by molar-refractivity contribution is 0.223. The molecule has 0 unspecified atom stereocenters. The molecule has 2 rings (SSSR count). The summed E-state index contributed by atoms with van der Waals surface area (Å²) < 4.78 is 5.98. The normalized spacial score (nSPS) is 11.0. The molecule has 4 heteroatoms. The molecule has 0 spiro atoms. The molecule has 0 aliphatic carbocycles. The highest BCUT2D eigenvalue weighted by Crippen LogP contribution is 2.39. The van der Waals surface area contributed by atoms with Gasteiger partial charge < -0.3 is 9.64 Å². The Morgan fingerprint density at radius 1 is 1.00 bits per heavy atom. The van der Waals surface area contributed by atoms with Gasteiger partial charge in [0.15, 0.2) is 0 Å². The van der Waals surface area contributed by atoms with E-state index in [0.717, 1.165) is 36.5 Å². The minimum atomic E-state index is 0.586. The van der Waals surface area contributed by atoms with Gasteiger partial charge in [-0.3, -0.25) is 0 Å². The minimum Gasteiger partial charge on any atom is -0.491 e. The van der Waals surface area contributed by atoms with Crippen molar-refractivity contribution in [3.8, 4) is 16.9 Å². The van der Waals surface area contributed by atoms with E-state index < -0.39 is 0 Å². The van der Waals surface area contributed by atoms with Crippen LogP contribution in [0.1, 0.15) is 13.8 Å². The number of benzene rings is 2. The van der Waals surface area contributed by atoms with Gasteiger partial charge in [-0.2, -0.15) is 0 Å². The van der Waals surface area contributed by atoms with Crippen molar-refractivity contribution in [3.63, 3.8) is 0 Å². The van der Waals surface area contributed by atoms with Gasteiger partial charge in [0.25, 0.3) is 0 Å². The average Bonchev–Trinajstić information content (AvgIpc) is 2.52. The van der Waals surface area contributed by atoms with Crippen LogP contribution in [0.15, 0.2) is 42.5 Å². The third-order valence-corrected chi connectivity index (χ3v) is 4.16. The highest BCUT2D eigenvalue weighted by atomic mass is 35.5. The average molecular weight is 338 g/mol. The molecule has 2 aromatic rings. The Hall–Kier alpha value is -1.22.